The Morgan fingerprint density at radius 1 is 1.10 bits per heavy atom. The van der Waals surface area contributed by atoms with Gasteiger partial charge in [0.15, 0.2) is 5.82 Å². The summed E-state index contributed by atoms with van der Waals surface area (Å²) in [6.07, 6.45) is -5.39. The number of ether oxygens (including phenoxy) is 1. The van der Waals surface area contributed by atoms with E-state index in [-0.39, 0.29) is 40.2 Å². The average molecular weight is 561 g/mol. The maximum Gasteiger partial charge on any atom is 0.424 e. The number of hydrogen-bond donors (Lipinski definition) is 4. The highest BCUT2D eigenvalue weighted by atomic mass is 19.4. The first-order valence-electron chi connectivity index (χ1n) is 11.7. The van der Waals surface area contributed by atoms with Crippen LogP contribution in [0.15, 0.2) is 48.5 Å². The average Bonchev–Trinajstić information content (AvgIpc) is 3.48. The number of aromatic amines is 1. The normalized spacial score (nSPS) is 18.2. The van der Waals surface area contributed by atoms with E-state index >= 15 is 0 Å². The number of H-pyrrole nitrogens is 1. The number of amides is 2. The number of primary amides is 1. The lowest BCUT2D eigenvalue weighted by Gasteiger charge is -2.31. The van der Waals surface area contributed by atoms with Gasteiger partial charge in [0.2, 0.25) is 11.5 Å². The zero-order valence-corrected chi connectivity index (χ0v) is 20.6. The van der Waals surface area contributed by atoms with Gasteiger partial charge in [-0.3, -0.25) is 9.59 Å². The third kappa shape index (κ3) is 4.39. The van der Waals surface area contributed by atoms with Crippen LogP contribution >= 0.6 is 0 Å². The van der Waals surface area contributed by atoms with Crippen molar-refractivity contribution in [2.75, 3.05) is 13.2 Å². The highest BCUT2D eigenvalue weighted by Crippen LogP contribution is 2.47. The summed E-state index contributed by atoms with van der Waals surface area (Å²) in [5, 5.41) is 13.0. The minimum atomic E-state index is -5.39. The van der Waals surface area contributed by atoms with Crippen molar-refractivity contribution in [3.8, 4) is 17.0 Å². The van der Waals surface area contributed by atoms with E-state index in [1.807, 2.05) is 5.32 Å². The van der Waals surface area contributed by atoms with Crippen LogP contribution in [-0.2, 0) is 15.8 Å². The third-order valence-electron chi connectivity index (χ3n) is 6.79. The molecule has 0 aliphatic carbocycles. The molecule has 3 heterocycles. The first kappa shape index (κ1) is 27.0. The van der Waals surface area contributed by atoms with Crippen molar-refractivity contribution in [1.82, 2.24) is 20.3 Å². The maximum absolute atomic E-state index is 14.5. The molecule has 0 fully saturated rings. The minimum Gasteiger partial charge on any atom is -0.489 e. The summed E-state index contributed by atoms with van der Waals surface area (Å²) in [6, 6.07) is 8.85. The Kier molecular flexibility index (Phi) is 6.25. The summed E-state index contributed by atoms with van der Waals surface area (Å²) >= 11 is 0. The van der Waals surface area contributed by atoms with Crippen molar-refractivity contribution in [2.24, 2.45) is 5.73 Å². The molecule has 0 bridgehead atoms. The topological polar surface area (TPSA) is 143 Å². The summed E-state index contributed by atoms with van der Waals surface area (Å²) in [5.41, 5.74) is -0.605. The fourth-order valence-electron chi connectivity index (χ4n) is 4.32. The van der Waals surface area contributed by atoms with Crippen LogP contribution in [0.2, 0.25) is 0 Å². The molecule has 1 aliphatic rings. The molecular weight excluding hydrogens is 541 g/mol. The highest BCUT2D eigenvalue weighted by Gasteiger charge is 2.57. The Balaban J connectivity index is 1.58. The fraction of sp³-hybridized carbons (Fsp3) is 0.231. The lowest BCUT2D eigenvalue weighted by Crippen LogP contribution is -2.52. The summed E-state index contributed by atoms with van der Waals surface area (Å²) in [5.74, 6) is -3.76. The molecule has 5 rings (SSSR count). The van der Waals surface area contributed by atoms with Gasteiger partial charge in [-0.2, -0.15) is 13.2 Å². The Labute approximate surface area is 222 Å². The SMILES string of the molecule is C[C@]1(C(N)=O)COc2c1cc([C@@](O)(CNC(=O)c1nc3cc(F)ccc3[nH]1)C(F)(F)F)nc2-c1ccc(F)cc1. The summed E-state index contributed by atoms with van der Waals surface area (Å²) < 4.78 is 76.0. The zero-order chi connectivity index (χ0) is 29.0. The smallest absolute Gasteiger partial charge is 0.424 e. The number of hydrogen-bond acceptors (Lipinski definition) is 6. The largest absolute Gasteiger partial charge is 0.489 e. The van der Waals surface area contributed by atoms with Gasteiger partial charge in [0.25, 0.3) is 5.91 Å². The molecule has 0 unspecified atom stereocenters. The van der Waals surface area contributed by atoms with Crippen molar-refractivity contribution >= 4 is 22.8 Å². The number of benzene rings is 2. The van der Waals surface area contributed by atoms with E-state index in [2.05, 4.69) is 15.0 Å². The Hall–Kier alpha value is -4.59. The first-order chi connectivity index (χ1) is 18.7. The van der Waals surface area contributed by atoms with Crippen LogP contribution in [0.4, 0.5) is 22.0 Å². The molecule has 2 aromatic heterocycles. The lowest BCUT2D eigenvalue weighted by molar-refractivity contribution is -0.265. The lowest BCUT2D eigenvalue weighted by atomic mass is 9.81. The van der Waals surface area contributed by atoms with Crippen LogP contribution in [0.25, 0.3) is 22.3 Å². The van der Waals surface area contributed by atoms with Gasteiger partial charge >= 0.3 is 6.18 Å². The highest BCUT2D eigenvalue weighted by molar-refractivity contribution is 5.94. The Morgan fingerprint density at radius 2 is 1.77 bits per heavy atom. The molecular formula is C26H20F5N5O4. The molecule has 0 radical (unpaired) electrons. The minimum absolute atomic E-state index is 0.0558. The quantitative estimate of drug-likeness (QED) is 0.266. The van der Waals surface area contributed by atoms with Crippen LogP contribution in [0.5, 0.6) is 5.75 Å². The number of nitrogens with two attached hydrogens (primary N) is 1. The summed E-state index contributed by atoms with van der Waals surface area (Å²) in [7, 11) is 0. The zero-order valence-electron chi connectivity index (χ0n) is 20.6. The standard InChI is InChI=1S/C26H20F5N5O4/c1-24(23(32)38)11-40-20-15(24)9-18(36-19(20)12-2-4-13(27)5-3-12)25(39,26(29,30)31)10-33-22(37)21-34-16-7-6-14(28)8-17(16)35-21/h2-9,39H,10-11H2,1H3,(H2,32,38)(H,33,37)(H,34,35)/t24-,25-/m0/s1. The van der Waals surface area contributed by atoms with Gasteiger partial charge in [-0.1, -0.05) is 0 Å². The van der Waals surface area contributed by atoms with Gasteiger partial charge in [0.05, 0.1) is 23.3 Å². The van der Waals surface area contributed by atoms with Crippen LogP contribution < -0.4 is 15.8 Å². The molecule has 14 heteroatoms. The number of pyridine rings is 1. The number of nitrogens with zero attached hydrogens (tertiary/aromatic N) is 2. The van der Waals surface area contributed by atoms with E-state index in [0.29, 0.717) is 0 Å². The van der Waals surface area contributed by atoms with Crippen molar-refractivity contribution < 1.29 is 41.4 Å². The Morgan fingerprint density at radius 3 is 2.42 bits per heavy atom. The van der Waals surface area contributed by atoms with Crippen molar-refractivity contribution in [3.05, 3.63) is 77.2 Å². The number of aromatic nitrogens is 3. The van der Waals surface area contributed by atoms with Crippen LogP contribution in [0, 0.1) is 11.6 Å². The monoisotopic (exact) mass is 561 g/mol. The molecule has 2 atom stereocenters. The predicted octanol–water partition coefficient (Wildman–Crippen LogP) is 3.22. The van der Waals surface area contributed by atoms with Crippen molar-refractivity contribution in [3.63, 3.8) is 0 Å². The molecule has 5 N–H and O–H groups in total. The van der Waals surface area contributed by atoms with Gasteiger partial charge in [0, 0.05) is 17.2 Å². The fourth-order valence-corrected chi connectivity index (χ4v) is 4.32. The van der Waals surface area contributed by atoms with Gasteiger partial charge in [-0.15, -0.1) is 0 Å². The van der Waals surface area contributed by atoms with Gasteiger partial charge in [-0.25, -0.2) is 18.7 Å². The number of imidazole rings is 1. The van der Waals surface area contributed by atoms with E-state index in [1.54, 1.807) is 0 Å². The van der Waals surface area contributed by atoms with Gasteiger partial charge in [-0.05, 0) is 49.4 Å². The molecule has 4 aromatic rings. The summed E-state index contributed by atoms with van der Waals surface area (Å²) in [6.45, 7) is -0.368. The molecule has 0 spiro atoms. The van der Waals surface area contributed by atoms with Gasteiger partial charge < -0.3 is 25.9 Å². The molecule has 0 saturated carbocycles. The molecule has 40 heavy (non-hydrogen) atoms. The number of nitrogens with one attached hydrogen (secondary N) is 2. The third-order valence-corrected chi connectivity index (χ3v) is 6.79. The van der Waals surface area contributed by atoms with E-state index in [1.165, 1.54) is 25.1 Å². The molecule has 1 aliphatic heterocycles. The summed E-state index contributed by atoms with van der Waals surface area (Å²) in [4.78, 5) is 35.4. The number of alkyl halides is 3. The second-order valence-corrected chi connectivity index (χ2v) is 9.51. The number of fused-ring (bicyclic) bond motifs is 2. The second-order valence-electron chi connectivity index (χ2n) is 9.51. The second kappa shape index (κ2) is 9.26. The molecule has 2 amide bonds. The van der Waals surface area contributed by atoms with Crippen LogP contribution in [-0.4, -0.2) is 51.2 Å². The predicted molar refractivity (Wildman–Crippen MR) is 130 cm³/mol. The van der Waals surface area contributed by atoms with Gasteiger partial charge in [0.1, 0.15) is 35.1 Å². The van der Waals surface area contributed by atoms with Crippen molar-refractivity contribution in [1.29, 1.82) is 0 Å². The number of aliphatic hydroxyl groups is 1. The molecule has 0 saturated heterocycles. The maximum atomic E-state index is 14.5. The number of rotatable bonds is 6. The number of carbonyl (C=O) groups excluding carboxylic acids is 2. The van der Waals surface area contributed by atoms with E-state index in [9.17, 15) is 36.6 Å². The first-order valence-corrected chi connectivity index (χ1v) is 11.7. The molecule has 2 aromatic carbocycles. The van der Waals surface area contributed by atoms with E-state index in [0.717, 1.165) is 30.3 Å². The Bertz CT molecular complexity index is 1660. The molecule has 208 valence electrons. The van der Waals surface area contributed by atoms with Crippen molar-refractivity contribution in [2.45, 2.75) is 24.1 Å². The van der Waals surface area contributed by atoms with Crippen LogP contribution in [0.1, 0.15) is 28.8 Å². The molecule has 9 nitrogen and oxygen atoms in total. The van der Waals surface area contributed by atoms with E-state index in [4.69, 9.17) is 10.5 Å². The number of halogens is 5. The van der Waals surface area contributed by atoms with Crippen LogP contribution in [0.3, 0.4) is 0 Å². The van der Waals surface area contributed by atoms with E-state index < -0.39 is 58.7 Å². The number of carbonyl (C=O) groups is 2.